The van der Waals surface area contributed by atoms with E-state index < -0.39 is 0 Å². The number of aromatic nitrogens is 2. The predicted molar refractivity (Wildman–Crippen MR) is 110 cm³/mol. The van der Waals surface area contributed by atoms with Crippen molar-refractivity contribution in [2.45, 2.75) is 0 Å². The molecule has 0 aliphatic carbocycles. The molecule has 0 radical (unpaired) electrons. The van der Waals surface area contributed by atoms with Crippen LogP contribution in [0, 0.1) is 11.3 Å². The molecule has 8 nitrogen and oxygen atoms in total. The zero-order valence-electron chi connectivity index (χ0n) is 16.4. The van der Waals surface area contributed by atoms with Gasteiger partial charge in [0.05, 0.1) is 11.8 Å². The number of hydrogen-bond donors (Lipinski definition) is 0. The number of rotatable bonds is 3. The van der Waals surface area contributed by atoms with Crippen LogP contribution in [0.5, 0.6) is 0 Å². The zero-order chi connectivity index (χ0) is 20.7. The Balaban J connectivity index is 1.34. The van der Waals surface area contributed by atoms with Crippen molar-refractivity contribution in [1.82, 2.24) is 14.5 Å². The molecule has 8 heteroatoms. The van der Waals surface area contributed by atoms with Crippen LogP contribution in [0.2, 0.25) is 0 Å². The molecular formula is C22H19N5O3. The minimum absolute atomic E-state index is 0.0146. The summed E-state index contributed by atoms with van der Waals surface area (Å²) >= 11 is 0. The average Bonchev–Trinajstić information content (AvgIpc) is 3.52. The van der Waals surface area contributed by atoms with Crippen molar-refractivity contribution in [2.75, 3.05) is 31.1 Å². The number of carbonyl (C=O) groups excluding carboxylic acids is 1. The predicted octanol–water partition coefficient (Wildman–Crippen LogP) is 3.26. The van der Waals surface area contributed by atoms with Gasteiger partial charge in [0.15, 0.2) is 5.76 Å². The molecule has 150 valence electrons. The van der Waals surface area contributed by atoms with E-state index in [0.717, 1.165) is 10.9 Å². The first kappa shape index (κ1) is 18.1. The molecule has 3 aromatic heterocycles. The summed E-state index contributed by atoms with van der Waals surface area (Å²) in [5.74, 6) is 1.19. The van der Waals surface area contributed by atoms with Crippen molar-refractivity contribution in [2.24, 2.45) is 7.05 Å². The molecule has 5 rings (SSSR count). The summed E-state index contributed by atoms with van der Waals surface area (Å²) in [5, 5.41) is 10.4. The first-order valence-electron chi connectivity index (χ1n) is 9.69. The van der Waals surface area contributed by atoms with Gasteiger partial charge in [0, 0.05) is 50.3 Å². The molecule has 1 fully saturated rings. The molecule has 0 atom stereocenters. The number of carbonyl (C=O) groups is 1. The van der Waals surface area contributed by atoms with Gasteiger partial charge in [0.1, 0.15) is 6.07 Å². The quantitative estimate of drug-likeness (QED) is 0.523. The summed E-state index contributed by atoms with van der Waals surface area (Å²) in [6.07, 6.45) is 3.42. The van der Waals surface area contributed by atoms with E-state index in [0.29, 0.717) is 43.4 Å². The van der Waals surface area contributed by atoms with E-state index in [-0.39, 0.29) is 17.5 Å². The smallest absolute Gasteiger partial charge is 0.266 e. The zero-order valence-corrected chi connectivity index (χ0v) is 16.4. The van der Waals surface area contributed by atoms with Gasteiger partial charge in [-0.25, -0.2) is 0 Å². The van der Waals surface area contributed by atoms with Crippen LogP contribution < -0.4 is 4.90 Å². The summed E-state index contributed by atoms with van der Waals surface area (Å²) in [7, 11) is 1.95. The van der Waals surface area contributed by atoms with Crippen molar-refractivity contribution in [3.63, 3.8) is 0 Å². The Morgan fingerprint density at radius 3 is 2.67 bits per heavy atom. The van der Waals surface area contributed by atoms with E-state index in [4.69, 9.17) is 8.83 Å². The summed E-state index contributed by atoms with van der Waals surface area (Å²) in [6.45, 7) is 2.17. The van der Waals surface area contributed by atoms with E-state index in [9.17, 15) is 10.1 Å². The van der Waals surface area contributed by atoms with Gasteiger partial charge < -0.3 is 23.2 Å². The number of aryl methyl sites for hydroxylation is 1. The van der Waals surface area contributed by atoms with Crippen LogP contribution in [-0.2, 0) is 7.05 Å². The SMILES string of the molecule is Cn1cc(C(=O)N2CCN(c3oc(-c4ccco4)nc3C#N)CC2)c2ccccc21. The van der Waals surface area contributed by atoms with Crippen molar-refractivity contribution in [3.05, 3.63) is 60.1 Å². The lowest BCUT2D eigenvalue weighted by molar-refractivity contribution is 0.0747. The molecule has 30 heavy (non-hydrogen) atoms. The van der Waals surface area contributed by atoms with Gasteiger partial charge in [0.25, 0.3) is 11.8 Å². The van der Waals surface area contributed by atoms with Crippen molar-refractivity contribution < 1.29 is 13.6 Å². The standard InChI is InChI=1S/C22H19N5O3/c1-25-14-16(15-5-2-3-6-18(15)25)21(28)26-8-10-27(11-9-26)22-17(13-23)24-20(30-22)19-7-4-12-29-19/h2-7,12,14H,8-11H2,1H3. The van der Waals surface area contributed by atoms with E-state index in [1.165, 1.54) is 6.26 Å². The number of oxazole rings is 1. The maximum atomic E-state index is 13.1. The number of fused-ring (bicyclic) bond motifs is 1. The van der Waals surface area contributed by atoms with Crippen LogP contribution in [0.25, 0.3) is 22.6 Å². The van der Waals surface area contributed by atoms with E-state index in [1.807, 2.05) is 51.9 Å². The Bertz CT molecular complexity index is 1250. The van der Waals surface area contributed by atoms with Crippen LogP contribution in [0.1, 0.15) is 16.1 Å². The highest BCUT2D eigenvalue weighted by atomic mass is 16.4. The van der Waals surface area contributed by atoms with Gasteiger partial charge in [-0.1, -0.05) is 18.2 Å². The summed E-state index contributed by atoms with van der Waals surface area (Å²) in [6, 6.07) is 13.5. The molecular weight excluding hydrogens is 382 g/mol. The highest BCUT2D eigenvalue weighted by Gasteiger charge is 2.28. The Kier molecular flexibility index (Phi) is 4.29. The number of hydrogen-bond acceptors (Lipinski definition) is 6. The number of piperazine rings is 1. The molecule has 4 aromatic rings. The molecule has 1 aromatic carbocycles. The molecule has 1 aliphatic heterocycles. The summed E-state index contributed by atoms with van der Waals surface area (Å²) in [5.41, 5.74) is 1.96. The van der Waals surface area contributed by atoms with E-state index >= 15 is 0 Å². The molecule has 1 saturated heterocycles. The topological polar surface area (TPSA) is 91.4 Å². The lowest BCUT2D eigenvalue weighted by Crippen LogP contribution is -2.48. The summed E-state index contributed by atoms with van der Waals surface area (Å²) in [4.78, 5) is 21.2. The molecule has 0 N–H and O–H groups in total. The number of nitrogens with zero attached hydrogens (tertiary/aromatic N) is 5. The molecule has 1 aliphatic rings. The molecule has 1 amide bonds. The van der Waals surface area contributed by atoms with Gasteiger partial charge in [-0.05, 0) is 18.2 Å². The number of nitriles is 1. The number of benzene rings is 1. The number of furan rings is 1. The van der Waals surface area contributed by atoms with Gasteiger partial charge in [-0.3, -0.25) is 4.79 Å². The van der Waals surface area contributed by atoms with Crippen LogP contribution >= 0.6 is 0 Å². The maximum Gasteiger partial charge on any atom is 0.266 e. The molecule has 0 bridgehead atoms. The Labute approximate surface area is 172 Å². The first-order valence-corrected chi connectivity index (χ1v) is 9.69. The fourth-order valence-electron chi connectivity index (χ4n) is 3.90. The monoisotopic (exact) mass is 401 g/mol. The lowest BCUT2D eigenvalue weighted by atomic mass is 10.1. The van der Waals surface area contributed by atoms with Gasteiger partial charge in [-0.15, -0.1) is 0 Å². The van der Waals surface area contributed by atoms with Crippen molar-refractivity contribution >= 4 is 22.7 Å². The second kappa shape index (κ2) is 7.12. The van der Waals surface area contributed by atoms with E-state index in [2.05, 4.69) is 11.1 Å². The Morgan fingerprint density at radius 2 is 1.93 bits per heavy atom. The minimum atomic E-state index is 0.0146. The summed E-state index contributed by atoms with van der Waals surface area (Å²) < 4.78 is 13.1. The first-order chi connectivity index (χ1) is 14.7. The highest BCUT2D eigenvalue weighted by Crippen LogP contribution is 2.29. The van der Waals surface area contributed by atoms with Crippen LogP contribution in [-0.4, -0.2) is 46.5 Å². The number of para-hydroxylation sites is 1. The van der Waals surface area contributed by atoms with Gasteiger partial charge in [-0.2, -0.15) is 10.2 Å². The van der Waals surface area contributed by atoms with Gasteiger partial charge in [0.2, 0.25) is 11.6 Å². The normalized spacial score (nSPS) is 14.3. The second-order valence-electron chi connectivity index (χ2n) is 7.21. The highest BCUT2D eigenvalue weighted by molar-refractivity contribution is 6.07. The van der Waals surface area contributed by atoms with Crippen LogP contribution in [0.3, 0.4) is 0 Å². The van der Waals surface area contributed by atoms with Crippen LogP contribution in [0.15, 0.2) is 57.7 Å². The van der Waals surface area contributed by atoms with Crippen LogP contribution in [0.4, 0.5) is 5.88 Å². The number of anilines is 1. The average molecular weight is 401 g/mol. The Hall–Kier alpha value is -3.99. The fourth-order valence-corrected chi connectivity index (χ4v) is 3.90. The third-order valence-electron chi connectivity index (χ3n) is 5.43. The fraction of sp³-hybridized carbons (Fsp3) is 0.227. The largest absolute Gasteiger partial charge is 0.459 e. The minimum Gasteiger partial charge on any atom is -0.459 e. The van der Waals surface area contributed by atoms with Crippen molar-refractivity contribution in [1.29, 1.82) is 5.26 Å². The molecule has 0 spiro atoms. The number of amides is 1. The molecule has 4 heterocycles. The Morgan fingerprint density at radius 1 is 1.13 bits per heavy atom. The van der Waals surface area contributed by atoms with Gasteiger partial charge >= 0.3 is 0 Å². The molecule has 0 saturated carbocycles. The second-order valence-corrected chi connectivity index (χ2v) is 7.21. The molecule has 0 unspecified atom stereocenters. The van der Waals surface area contributed by atoms with Crippen molar-refractivity contribution in [3.8, 4) is 17.7 Å². The maximum absolute atomic E-state index is 13.1. The third-order valence-corrected chi connectivity index (χ3v) is 5.43. The lowest BCUT2D eigenvalue weighted by Gasteiger charge is -2.34. The third kappa shape index (κ3) is 2.92. The van der Waals surface area contributed by atoms with E-state index in [1.54, 1.807) is 12.1 Å².